The summed E-state index contributed by atoms with van der Waals surface area (Å²) in [7, 11) is 1.58. The molecular formula is C13H12N2O2. The summed E-state index contributed by atoms with van der Waals surface area (Å²) in [6.45, 7) is 1.88. The first kappa shape index (κ1) is 11.3. The third-order valence-corrected chi connectivity index (χ3v) is 2.34. The summed E-state index contributed by atoms with van der Waals surface area (Å²) in [6.07, 6.45) is 3.26. The van der Waals surface area contributed by atoms with Crippen LogP contribution in [-0.2, 0) is 0 Å². The summed E-state index contributed by atoms with van der Waals surface area (Å²) < 4.78 is 5.03. The van der Waals surface area contributed by atoms with Crippen LogP contribution in [0.2, 0.25) is 0 Å². The van der Waals surface area contributed by atoms with Crippen LogP contribution in [0, 0.1) is 6.92 Å². The fourth-order valence-corrected chi connectivity index (χ4v) is 1.38. The van der Waals surface area contributed by atoms with Gasteiger partial charge in [-0.1, -0.05) is 0 Å². The molecule has 1 aromatic heterocycles. The fraction of sp³-hybridized carbons (Fsp3) is 0.154. The highest BCUT2D eigenvalue weighted by Crippen LogP contribution is 2.13. The number of ketones is 1. The molecule has 2 aromatic rings. The summed E-state index contributed by atoms with van der Waals surface area (Å²) in [4.78, 5) is 20.0. The Morgan fingerprint density at radius 1 is 1.12 bits per heavy atom. The molecule has 86 valence electrons. The van der Waals surface area contributed by atoms with Crippen molar-refractivity contribution >= 4 is 5.78 Å². The van der Waals surface area contributed by atoms with E-state index in [-0.39, 0.29) is 11.6 Å². The highest BCUT2D eigenvalue weighted by Gasteiger charge is 2.11. The molecule has 0 bridgehead atoms. The van der Waals surface area contributed by atoms with Gasteiger partial charge in [0.1, 0.15) is 5.75 Å². The molecule has 0 saturated heterocycles. The molecule has 0 radical (unpaired) electrons. The minimum absolute atomic E-state index is 0.187. The van der Waals surface area contributed by atoms with E-state index < -0.39 is 0 Å². The van der Waals surface area contributed by atoms with Crippen LogP contribution in [0.4, 0.5) is 0 Å². The number of ether oxygens (including phenoxy) is 1. The first-order chi connectivity index (χ1) is 8.20. The number of carbonyl (C=O) groups excluding carboxylic acids is 1. The molecule has 0 spiro atoms. The van der Waals surface area contributed by atoms with Crippen molar-refractivity contribution in [2.24, 2.45) is 0 Å². The molecule has 2 rings (SSSR count). The standard InChI is InChI=1S/C13H12N2O2/c1-9-7-14-13(15-8-9)12(16)10-3-5-11(17-2)6-4-10/h3-8H,1-2H3. The van der Waals surface area contributed by atoms with Crippen LogP contribution in [-0.4, -0.2) is 22.9 Å². The summed E-state index contributed by atoms with van der Waals surface area (Å²) >= 11 is 0. The largest absolute Gasteiger partial charge is 0.497 e. The number of carbonyl (C=O) groups is 1. The Morgan fingerprint density at radius 2 is 1.71 bits per heavy atom. The van der Waals surface area contributed by atoms with E-state index in [2.05, 4.69) is 9.97 Å². The summed E-state index contributed by atoms with van der Waals surface area (Å²) in [6, 6.07) is 6.87. The van der Waals surface area contributed by atoms with Crippen LogP contribution in [0.1, 0.15) is 21.7 Å². The second-order valence-corrected chi connectivity index (χ2v) is 3.64. The van der Waals surface area contributed by atoms with Crippen LogP contribution in [0.5, 0.6) is 5.75 Å². The Morgan fingerprint density at radius 3 is 2.24 bits per heavy atom. The lowest BCUT2D eigenvalue weighted by molar-refractivity contribution is 0.102. The van der Waals surface area contributed by atoms with Gasteiger partial charge in [-0.2, -0.15) is 0 Å². The van der Waals surface area contributed by atoms with Gasteiger partial charge in [-0.05, 0) is 36.8 Å². The lowest BCUT2D eigenvalue weighted by Crippen LogP contribution is -2.06. The van der Waals surface area contributed by atoms with Gasteiger partial charge in [0, 0.05) is 18.0 Å². The Hall–Kier alpha value is -2.23. The Kier molecular flexibility index (Phi) is 3.14. The number of methoxy groups -OCH3 is 1. The summed E-state index contributed by atoms with van der Waals surface area (Å²) in [5.74, 6) is 0.736. The molecule has 1 aromatic carbocycles. The minimum Gasteiger partial charge on any atom is -0.497 e. The molecule has 0 atom stereocenters. The van der Waals surface area contributed by atoms with Crippen molar-refractivity contribution in [2.75, 3.05) is 7.11 Å². The van der Waals surface area contributed by atoms with Crippen LogP contribution in [0.3, 0.4) is 0 Å². The molecule has 0 aliphatic heterocycles. The molecule has 0 aliphatic rings. The van der Waals surface area contributed by atoms with Gasteiger partial charge in [-0.15, -0.1) is 0 Å². The number of aryl methyl sites for hydroxylation is 1. The van der Waals surface area contributed by atoms with E-state index in [0.717, 1.165) is 5.56 Å². The molecular weight excluding hydrogens is 216 g/mol. The zero-order chi connectivity index (χ0) is 12.3. The van der Waals surface area contributed by atoms with Gasteiger partial charge in [0.15, 0.2) is 0 Å². The van der Waals surface area contributed by atoms with Gasteiger partial charge in [0.2, 0.25) is 11.6 Å². The molecule has 0 N–H and O–H groups in total. The molecule has 0 saturated carbocycles. The average molecular weight is 228 g/mol. The van der Waals surface area contributed by atoms with Crippen LogP contribution in [0.15, 0.2) is 36.7 Å². The van der Waals surface area contributed by atoms with E-state index in [0.29, 0.717) is 11.3 Å². The van der Waals surface area contributed by atoms with E-state index in [9.17, 15) is 4.79 Å². The van der Waals surface area contributed by atoms with Gasteiger partial charge in [-0.25, -0.2) is 9.97 Å². The maximum atomic E-state index is 12.0. The number of hydrogen-bond donors (Lipinski definition) is 0. The van der Waals surface area contributed by atoms with Gasteiger partial charge < -0.3 is 4.74 Å². The Bertz CT molecular complexity index is 518. The van der Waals surface area contributed by atoms with Crippen molar-refractivity contribution in [3.63, 3.8) is 0 Å². The minimum atomic E-state index is -0.187. The normalized spacial score (nSPS) is 10.0. The quantitative estimate of drug-likeness (QED) is 0.754. The van der Waals surface area contributed by atoms with Gasteiger partial charge >= 0.3 is 0 Å². The van der Waals surface area contributed by atoms with Crippen molar-refractivity contribution in [1.82, 2.24) is 9.97 Å². The zero-order valence-electron chi connectivity index (χ0n) is 9.68. The fourth-order valence-electron chi connectivity index (χ4n) is 1.38. The van der Waals surface area contributed by atoms with Gasteiger partial charge in [0.25, 0.3) is 0 Å². The second kappa shape index (κ2) is 4.74. The Labute approximate surface area is 99.3 Å². The van der Waals surface area contributed by atoms with Crippen LogP contribution >= 0.6 is 0 Å². The number of rotatable bonds is 3. The third-order valence-electron chi connectivity index (χ3n) is 2.34. The smallest absolute Gasteiger partial charge is 0.230 e. The number of hydrogen-bond acceptors (Lipinski definition) is 4. The Balaban J connectivity index is 2.27. The third kappa shape index (κ3) is 2.47. The maximum Gasteiger partial charge on any atom is 0.230 e. The van der Waals surface area contributed by atoms with Crippen molar-refractivity contribution < 1.29 is 9.53 Å². The van der Waals surface area contributed by atoms with Crippen LogP contribution < -0.4 is 4.74 Å². The lowest BCUT2D eigenvalue weighted by Gasteiger charge is -2.02. The maximum absolute atomic E-state index is 12.0. The monoisotopic (exact) mass is 228 g/mol. The molecule has 0 aliphatic carbocycles. The SMILES string of the molecule is COc1ccc(C(=O)c2ncc(C)cn2)cc1. The van der Waals surface area contributed by atoms with Gasteiger partial charge in [-0.3, -0.25) is 4.79 Å². The van der Waals surface area contributed by atoms with E-state index in [1.165, 1.54) is 0 Å². The van der Waals surface area contributed by atoms with Crippen molar-refractivity contribution in [3.8, 4) is 5.75 Å². The number of benzene rings is 1. The van der Waals surface area contributed by atoms with Gasteiger partial charge in [0.05, 0.1) is 7.11 Å². The predicted molar refractivity (Wildman–Crippen MR) is 63.2 cm³/mol. The van der Waals surface area contributed by atoms with Crippen LogP contribution in [0.25, 0.3) is 0 Å². The average Bonchev–Trinajstić information content (AvgIpc) is 2.39. The van der Waals surface area contributed by atoms with E-state index in [1.54, 1.807) is 43.8 Å². The molecule has 4 heteroatoms. The summed E-state index contributed by atoms with van der Waals surface area (Å²) in [5, 5.41) is 0. The van der Waals surface area contributed by atoms with E-state index in [1.807, 2.05) is 6.92 Å². The van der Waals surface area contributed by atoms with Crippen molar-refractivity contribution in [3.05, 3.63) is 53.6 Å². The molecule has 4 nitrogen and oxygen atoms in total. The highest BCUT2D eigenvalue weighted by molar-refractivity contribution is 6.06. The van der Waals surface area contributed by atoms with Crippen molar-refractivity contribution in [2.45, 2.75) is 6.92 Å². The molecule has 0 unspecified atom stereocenters. The van der Waals surface area contributed by atoms with Crippen molar-refractivity contribution in [1.29, 1.82) is 0 Å². The lowest BCUT2D eigenvalue weighted by atomic mass is 10.1. The second-order valence-electron chi connectivity index (χ2n) is 3.64. The zero-order valence-corrected chi connectivity index (χ0v) is 9.68. The molecule has 0 fully saturated rings. The van der Waals surface area contributed by atoms with E-state index >= 15 is 0 Å². The van der Waals surface area contributed by atoms with E-state index in [4.69, 9.17) is 4.74 Å². The first-order valence-electron chi connectivity index (χ1n) is 5.18. The highest BCUT2D eigenvalue weighted by atomic mass is 16.5. The molecule has 17 heavy (non-hydrogen) atoms. The predicted octanol–water partition coefficient (Wildman–Crippen LogP) is 2.02. The topological polar surface area (TPSA) is 52.1 Å². The first-order valence-corrected chi connectivity index (χ1v) is 5.18. The number of aromatic nitrogens is 2. The number of nitrogens with zero attached hydrogens (tertiary/aromatic N) is 2. The molecule has 1 heterocycles. The molecule has 0 amide bonds. The summed E-state index contributed by atoms with van der Waals surface area (Å²) in [5.41, 5.74) is 1.48.